The van der Waals surface area contributed by atoms with Gasteiger partial charge in [-0.1, -0.05) is 98.9 Å². The van der Waals surface area contributed by atoms with Crippen LogP contribution in [0.1, 0.15) is 95.9 Å². The molecule has 0 aromatic heterocycles. The maximum Gasteiger partial charge on any atom is -0.0175 e. The molecule has 0 rings (SSSR count). The van der Waals surface area contributed by atoms with E-state index in [4.69, 9.17) is 0 Å². The van der Waals surface area contributed by atoms with Gasteiger partial charge in [0.15, 0.2) is 0 Å². The van der Waals surface area contributed by atoms with Crippen molar-refractivity contribution in [1.82, 2.24) is 0 Å². The molecular weight excluding hydrogens is 302 g/mol. The van der Waals surface area contributed by atoms with E-state index in [1.807, 2.05) is 0 Å². The predicted molar refractivity (Wildman–Crippen MR) is 112 cm³/mol. The van der Waals surface area contributed by atoms with Gasteiger partial charge in [0.05, 0.1) is 0 Å². The first-order valence-corrected chi connectivity index (χ1v) is 12.1. The molecule has 0 aromatic carbocycles. The van der Waals surface area contributed by atoms with Crippen molar-refractivity contribution < 1.29 is 0 Å². The molecule has 0 atom stereocenters. The highest BCUT2D eigenvalue weighted by molar-refractivity contribution is 7.61. The van der Waals surface area contributed by atoms with E-state index < -0.39 is 0 Å². The van der Waals surface area contributed by atoms with Crippen LogP contribution in [0.15, 0.2) is 0 Å². The van der Waals surface area contributed by atoms with E-state index in [1.165, 1.54) is 25.2 Å². The lowest BCUT2D eigenvalue weighted by molar-refractivity contribution is 0.686. The van der Waals surface area contributed by atoms with Gasteiger partial charge in [0.1, 0.15) is 0 Å². The van der Waals surface area contributed by atoms with Crippen LogP contribution >= 0.6 is 15.8 Å². The van der Waals surface area contributed by atoms with Crippen molar-refractivity contribution in [1.29, 1.82) is 0 Å². The molecule has 0 saturated carbocycles. The summed E-state index contributed by atoms with van der Waals surface area (Å²) in [7, 11) is 0.155. The third-order valence-corrected chi connectivity index (χ3v) is 12.3. The maximum absolute atomic E-state index is 2.45. The molecule has 2 heteroatoms. The van der Waals surface area contributed by atoms with Crippen molar-refractivity contribution in [3.63, 3.8) is 0 Å². The summed E-state index contributed by atoms with van der Waals surface area (Å²) in [6.07, 6.45) is 5.73. The monoisotopic (exact) mass is 346 g/mol. The molecule has 0 aliphatic carbocycles. The molecule has 0 bridgehead atoms. The average Bonchev–Trinajstić information content (AvgIpc) is 2.14. The molecule has 134 valence electrons. The minimum atomic E-state index is 0.0774. The smallest absolute Gasteiger partial charge is 0.0175 e. The molecule has 0 fully saturated rings. The predicted octanol–water partition coefficient (Wildman–Crippen LogP) is 7.92. The summed E-state index contributed by atoms with van der Waals surface area (Å²) in [4.78, 5) is 0. The summed E-state index contributed by atoms with van der Waals surface area (Å²) in [6.45, 7) is 29.3. The van der Waals surface area contributed by atoms with Crippen molar-refractivity contribution in [3.8, 4) is 0 Å². The Labute approximate surface area is 145 Å². The van der Waals surface area contributed by atoms with Gasteiger partial charge in [0.25, 0.3) is 0 Å². The molecule has 0 heterocycles. The first kappa shape index (κ1) is 22.9. The fourth-order valence-electron chi connectivity index (χ4n) is 3.89. The van der Waals surface area contributed by atoms with E-state index >= 15 is 0 Å². The zero-order chi connectivity index (χ0) is 18.0. The fraction of sp³-hybridized carbons (Fsp3) is 1.00. The average molecular weight is 347 g/mol. The lowest BCUT2D eigenvalue weighted by atomic mass is 10.2. The highest BCUT2D eigenvalue weighted by Crippen LogP contribution is 2.61. The molecule has 0 nitrogen and oxygen atoms in total. The van der Waals surface area contributed by atoms with Crippen LogP contribution in [0.25, 0.3) is 0 Å². The summed E-state index contributed by atoms with van der Waals surface area (Å²) >= 11 is 0. The molecule has 0 unspecified atom stereocenters. The van der Waals surface area contributed by atoms with Gasteiger partial charge in [-0.05, 0) is 45.8 Å². The normalized spacial score (nSPS) is 15.0. The van der Waals surface area contributed by atoms with Crippen LogP contribution in [0.3, 0.4) is 0 Å². The lowest BCUT2D eigenvalue weighted by Gasteiger charge is -2.43. The molecule has 0 spiro atoms. The highest BCUT2D eigenvalue weighted by Gasteiger charge is 2.35. The molecule has 0 N–H and O–H groups in total. The van der Waals surface area contributed by atoms with E-state index in [0.717, 1.165) is 0 Å². The fourth-order valence-corrected chi connectivity index (χ4v) is 11.7. The first-order chi connectivity index (χ1) is 9.47. The van der Waals surface area contributed by atoms with Gasteiger partial charge in [-0.25, -0.2) is 0 Å². The van der Waals surface area contributed by atoms with Crippen LogP contribution < -0.4 is 0 Å². The third kappa shape index (κ3) is 8.11. The Kier molecular flexibility index (Phi) is 8.13. The van der Waals surface area contributed by atoms with E-state index in [9.17, 15) is 0 Å². The second kappa shape index (κ2) is 7.83. The Morgan fingerprint density at radius 1 is 0.409 bits per heavy atom. The minimum absolute atomic E-state index is 0.0774. The summed E-state index contributed by atoms with van der Waals surface area (Å²) in [5.41, 5.74) is 0. The second-order valence-electron chi connectivity index (χ2n) is 10.7. The van der Waals surface area contributed by atoms with Crippen molar-refractivity contribution in [2.75, 3.05) is 12.3 Å². The van der Waals surface area contributed by atoms with E-state index in [-0.39, 0.29) is 15.8 Å². The van der Waals surface area contributed by atoms with Crippen molar-refractivity contribution in [2.45, 2.75) is 117 Å². The zero-order valence-electron chi connectivity index (χ0n) is 17.7. The van der Waals surface area contributed by atoms with Gasteiger partial charge in [0, 0.05) is 0 Å². The molecule has 0 amide bonds. The number of rotatable bonds is 5. The molecule has 0 aliphatic rings. The van der Waals surface area contributed by atoms with E-state index in [2.05, 4.69) is 83.1 Å². The molecule has 0 aliphatic heterocycles. The highest BCUT2D eigenvalue weighted by atomic mass is 31.1. The van der Waals surface area contributed by atoms with Crippen molar-refractivity contribution in [2.24, 2.45) is 0 Å². The van der Waals surface area contributed by atoms with Gasteiger partial charge in [-0.3, -0.25) is 0 Å². The minimum Gasteiger partial charge on any atom is -0.0956 e. The van der Waals surface area contributed by atoms with Crippen LogP contribution in [-0.2, 0) is 0 Å². The molecule has 0 aromatic rings. The lowest BCUT2D eigenvalue weighted by Crippen LogP contribution is -2.27. The SMILES string of the molecule is CC(C)(C)P(CCCCP(C(C)(C)C)C(C)(C)C)C(C)(C)C. The Balaban J connectivity index is 4.63. The number of hydrogen-bond acceptors (Lipinski definition) is 0. The summed E-state index contributed by atoms with van der Waals surface area (Å²) in [5, 5.41) is 1.91. The first-order valence-electron chi connectivity index (χ1n) is 9.03. The quantitative estimate of drug-likeness (QED) is 0.350. The Morgan fingerprint density at radius 3 is 0.727 bits per heavy atom. The molecular formula is C20H44P2. The zero-order valence-corrected chi connectivity index (χ0v) is 19.5. The summed E-state index contributed by atoms with van der Waals surface area (Å²) < 4.78 is 0. The summed E-state index contributed by atoms with van der Waals surface area (Å²) in [6, 6.07) is 0. The summed E-state index contributed by atoms with van der Waals surface area (Å²) in [5.74, 6) is 0. The molecule has 0 saturated heterocycles. The van der Waals surface area contributed by atoms with Crippen LogP contribution in [-0.4, -0.2) is 32.9 Å². The van der Waals surface area contributed by atoms with Gasteiger partial charge < -0.3 is 0 Å². The van der Waals surface area contributed by atoms with Crippen LogP contribution in [0, 0.1) is 0 Å². The van der Waals surface area contributed by atoms with Crippen LogP contribution in [0.2, 0.25) is 0 Å². The Bertz CT molecular complexity index is 256. The third-order valence-electron chi connectivity index (χ3n) is 4.25. The number of unbranched alkanes of at least 4 members (excludes halogenated alkanes) is 1. The van der Waals surface area contributed by atoms with Crippen LogP contribution in [0.5, 0.6) is 0 Å². The van der Waals surface area contributed by atoms with Gasteiger partial charge >= 0.3 is 0 Å². The van der Waals surface area contributed by atoms with Crippen LogP contribution in [0.4, 0.5) is 0 Å². The second-order valence-corrected chi connectivity index (χ2v) is 18.7. The largest absolute Gasteiger partial charge is 0.0956 e. The van der Waals surface area contributed by atoms with Crippen molar-refractivity contribution in [3.05, 3.63) is 0 Å². The van der Waals surface area contributed by atoms with E-state index in [1.54, 1.807) is 0 Å². The van der Waals surface area contributed by atoms with Crippen molar-refractivity contribution >= 4 is 15.8 Å². The Morgan fingerprint density at radius 2 is 0.591 bits per heavy atom. The maximum atomic E-state index is 2.45. The topological polar surface area (TPSA) is 0 Å². The molecule has 0 radical (unpaired) electrons. The standard InChI is InChI=1S/C20H44P2/c1-17(2,3)21(18(4,5)6)15-13-14-16-22(19(7,8)9)20(10,11)12/h13-16H2,1-12H3. The Hall–Kier alpha value is 0.860. The molecule has 22 heavy (non-hydrogen) atoms. The van der Waals surface area contributed by atoms with Gasteiger partial charge in [0.2, 0.25) is 0 Å². The van der Waals surface area contributed by atoms with E-state index in [0.29, 0.717) is 20.6 Å². The number of hydrogen-bond donors (Lipinski definition) is 0. The van der Waals surface area contributed by atoms with Gasteiger partial charge in [-0.2, -0.15) is 0 Å². The van der Waals surface area contributed by atoms with Gasteiger partial charge in [-0.15, -0.1) is 0 Å².